The monoisotopic (exact) mass is 315 g/mol. The molecule has 1 aliphatic heterocycles. The van der Waals surface area contributed by atoms with Crippen LogP contribution in [0.2, 0.25) is 18.1 Å². The molecule has 0 spiro atoms. The topological polar surface area (TPSA) is 40.5 Å². The smallest absolute Gasteiger partial charge is 0.227 e. The first kappa shape index (κ1) is 17.3. The highest BCUT2D eigenvalue weighted by atomic mass is 28.4. The van der Waals surface area contributed by atoms with Crippen molar-refractivity contribution in [1.29, 1.82) is 0 Å². The zero-order valence-electron chi connectivity index (χ0n) is 14.3. The summed E-state index contributed by atoms with van der Waals surface area (Å²) >= 11 is 0. The van der Waals surface area contributed by atoms with Gasteiger partial charge in [-0.1, -0.05) is 31.4 Å². The molecule has 118 valence electrons. The molecular weight excluding hydrogens is 289 g/mol. The Morgan fingerprint density at radius 2 is 2.05 bits per heavy atom. The largest absolute Gasteiger partial charge is 0.432 e. The zero-order chi connectivity index (χ0) is 16.7. The molecule has 1 fully saturated rings. The number of aryl methyl sites for hydroxylation is 1. The van der Waals surface area contributed by atoms with E-state index in [1.165, 1.54) is 0 Å². The number of hydrogen-bond donors (Lipinski definition) is 1. The van der Waals surface area contributed by atoms with Crippen LogP contribution in [-0.4, -0.2) is 33.4 Å². The number of benzene rings is 1. The van der Waals surface area contributed by atoms with E-state index in [0.717, 1.165) is 29.7 Å². The average molecular weight is 315 g/mol. The lowest BCUT2D eigenvalue weighted by atomic mass is 9.93. The molecule has 22 heavy (non-hydrogen) atoms. The SMILES string of the molecule is [B]c1ccc(N2C[C@H](CC(C)(C)[Si](C)(C)O)CC2=O)c(C)c1. The molecule has 1 aromatic rings. The summed E-state index contributed by atoms with van der Waals surface area (Å²) in [5, 5.41) is -0.0931. The zero-order valence-corrected chi connectivity index (χ0v) is 15.3. The predicted octanol–water partition coefficient (Wildman–Crippen LogP) is 2.51. The number of amides is 1. The Hall–Kier alpha value is -1.07. The maximum atomic E-state index is 12.4. The Kier molecular flexibility index (Phi) is 4.60. The van der Waals surface area contributed by atoms with Gasteiger partial charge in [-0.15, -0.1) is 0 Å². The molecule has 0 aromatic heterocycles. The van der Waals surface area contributed by atoms with Crippen LogP contribution in [0.15, 0.2) is 18.2 Å². The van der Waals surface area contributed by atoms with Crippen LogP contribution in [0.5, 0.6) is 0 Å². The van der Waals surface area contributed by atoms with Crippen LogP contribution >= 0.6 is 0 Å². The third-order valence-corrected chi connectivity index (χ3v) is 8.69. The number of carbonyl (C=O) groups excluding carboxylic acids is 1. The Morgan fingerprint density at radius 1 is 1.41 bits per heavy atom. The molecular formula is C17H26BNO2Si. The van der Waals surface area contributed by atoms with E-state index in [4.69, 9.17) is 7.85 Å². The normalized spacial score (nSPS) is 19.8. The highest BCUT2D eigenvalue weighted by molar-refractivity contribution is 6.72. The molecule has 0 saturated carbocycles. The van der Waals surface area contributed by atoms with Crippen molar-refractivity contribution in [3.63, 3.8) is 0 Å². The van der Waals surface area contributed by atoms with Crippen LogP contribution in [-0.2, 0) is 4.79 Å². The molecule has 1 heterocycles. The maximum Gasteiger partial charge on any atom is 0.227 e. The van der Waals surface area contributed by atoms with E-state index in [-0.39, 0.29) is 10.9 Å². The Balaban J connectivity index is 2.15. The number of carbonyl (C=O) groups is 1. The number of nitrogens with zero attached hydrogens (tertiary/aromatic N) is 1. The Labute approximate surface area is 136 Å². The molecule has 2 rings (SSSR count). The summed E-state index contributed by atoms with van der Waals surface area (Å²) < 4.78 is 0. The van der Waals surface area contributed by atoms with E-state index < -0.39 is 8.32 Å². The van der Waals surface area contributed by atoms with Crippen molar-refractivity contribution in [2.45, 2.75) is 51.7 Å². The van der Waals surface area contributed by atoms with Gasteiger partial charge in [0.05, 0.1) is 0 Å². The highest BCUT2D eigenvalue weighted by Crippen LogP contribution is 2.44. The second-order valence-electron chi connectivity index (χ2n) is 7.77. The molecule has 5 heteroatoms. The lowest BCUT2D eigenvalue weighted by molar-refractivity contribution is -0.117. The molecule has 1 amide bonds. The van der Waals surface area contributed by atoms with E-state index in [1.807, 2.05) is 43.1 Å². The summed E-state index contributed by atoms with van der Waals surface area (Å²) in [6, 6.07) is 5.68. The minimum absolute atomic E-state index is 0.0931. The molecule has 2 radical (unpaired) electrons. The number of hydrogen-bond acceptors (Lipinski definition) is 2. The van der Waals surface area contributed by atoms with E-state index in [2.05, 4.69) is 13.8 Å². The minimum Gasteiger partial charge on any atom is -0.432 e. The van der Waals surface area contributed by atoms with Gasteiger partial charge in [0.1, 0.15) is 7.85 Å². The standard InChI is InChI=1S/C17H26BNO2Si/c1-12-8-14(18)6-7-15(12)19-11-13(9-16(19)20)10-17(2,3)22(4,5)21/h6-8,13,21H,9-11H2,1-5H3/t13-/m0/s1. The summed E-state index contributed by atoms with van der Waals surface area (Å²) in [4.78, 5) is 24.7. The molecule has 0 aliphatic carbocycles. The first-order valence-corrected chi connectivity index (χ1v) is 10.8. The highest BCUT2D eigenvalue weighted by Gasteiger charge is 2.42. The van der Waals surface area contributed by atoms with Gasteiger partial charge < -0.3 is 9.70 Å². The first-order chi connectivity index (χ1) is 10.0. The summed E-state index contributed by atoms with van der Waals surface area (Å²) in [6.07, 6.45) is 1.46. The van der Waals surface area contributed by atoms with Crippen LogP contribution in [0.3, 0.4) is 0 Å². The van der Waals surface area contributed by atoms with Crippen molar-refractivity contribution in [2.24, 2.45) is 5.92 Å². The van der Waals surface area contributed by atoms with Crippen molar-refractivity contribution < 1.29 is 9.59 Å². The fourth-order valence-corrected chi connectivity index (χ4v) is 3.89. The van der Waals surface area contributed by atoms with Crippen LogP contribution in [0, 0.1) is 12.8 Å². The molecule has 1 aromatic carbocycles. The summed E-state index contributed by atoms with van der Waals surface area (Å²) in [5.74, 6) is 0.476. The molecule has 0 unspecified atom stereocenters. The van der Waals surface area contributed by atoms with Gasteiger partial charge in [-0.25, -0.2) is 0 Å². The number of rotatable bonds is 4. The Morgan fingerprint density at radius 3 is 2.59 bits per heavy atom. The molecule has 3 nitrogen and oxygen atoms in total. The third kappa shape index (κ3) is 3.46. The third-order valence-electron chi connectivity index (χ3n) is 5.17. The van der Waals surface area contributed by atoms with Gasteiger partial charge in [0.25, 0.3) is 0 Å². The van der Waals surface area contributed by atoms with E-state index >= 15 is 0 Å². The van der Waals surface area contributed by atoms with Crippen LogP contribution < -0.4 is 10.4 Å². The minimum atomic E-state index is -2.24. The van der Waals surface area contributed by atoms with Gasteiger partial charge in [0, 0.05) is 18.7 Å². The summed E-state index contributed by atoms with van der Waals surface area (Å²) in [5.41, 5.74) is 2.71. The van der Waals surface area contributed by atoms with Gasteiger partial charge >= 0.3 is 0 Å². The first-order valence-electron chi connectivity index (χ1n) is 7.90. The van der Waals surface area contributed by atoms with Crippen LogP contribution in [0.4, 0.5) is 5.69 Å². The van der Waals surface area contributed by atoms with Gasteiger partial charge in [-0.2, -0.15) is 0 Å². The van der Waals surface area contributed by atoms with E-state index in [1.54, 1.807) is 0 Å². The summed E-state index contributed by atoms with van der Waals surface area (Å²) in [7, 11) is 3.55. The molecule has 1 saturated heterocycles. The van der Waals surface area contributed by atoms with E-state index in [9.17, 15) is 9.59 Å². The van der Waals surface area contributed by atoms with Crippen LogP contribution in [0.25, 0.3) is 0 Å². The van der Waals surface area contributed by atoms with Crippen molar-refractivity contribution >= 4 is 33.2 Å². The van der Waals surface area contributed by atoms with Gasteiger partial charge in [-0.3, -0.25) is 4.79 Å². The average Bonchev–Trinajstić information content (AvgIpc) is 2.67. The molecule has 1 aliphatic rings. The predicted molar refractivity (Wildman–Crippen MR) is 95.4 cm³/mol. The lowest BCUT2D eigenvalue weighted by Gasteiger charge is -2.37. The fraction of sp³-hybridized carbons (Fsp3) is 0.588. The lowest BCUT2D eigenvalue weighted by Crippen LogP contribution is -2.40. The van der Waals surface area contributed by atoms with E-state index in [0.29, 0.717) is 12.3 Å². The van der Waals surface area contributed by atoms with Gasteiger partial charge in [-0.05, 0) is 49.0 Å². The molecule has 1 N–H and O–H groups in total. The van der Waals surface area contributed by atoms with Gasteiger partial charge in [0.2, 0.25) is 5.91 Å². The van der Waals surface area contributed by atoms with Crippen molar-refractivity contribution in [2.75, 3.05) is 11.4 Å². The second-order valence-corrected chi connectivity index (χ2v) is 12.2. The van der Waals surface area contributed by atoms with Crippen molar-refractivity contribution in [3.05, 3.63) is 23.8 Å². The fourth-order valence-electron chi connectivity index (χ4n) is 3.10. The Bertz CT molecular complexity index is 581. The maximum absolute atomic E-state index is 12.4. The van der Waals surface area contributed by atoms with Gasteiger partial charge in [0.15, 0.2) is 8.32 Å². The molecule has 0 bridgehead atoms. The second kappa shape index (κ2) is 5.85. The van der Waals surface area contributed by atoms with Crippen molar-refractivity contribution in [1.82, 2.24) is 0 Å². The quantitative estimate of drug-likeness (QED) is 0.867. The number of anilines is 1. The van der Waals surface area contributed by atoms with Crippen molar-refractivity contribution in [3.8, 4) is 0 Å². The summed E-state index contributed by atoms with van der Waals surface area (Å²) in [6.45, 7) is 10.9. The van der Waals surface area contributed by atoms with Crippen LogP contribution in [0.1, 0.15) is 32.3 Å². The molecule has 1 atom stereocenters.